The van der Waals surface area contributed by atoms with E-state index in [9.17, 15) is 47.9 Å². The fourth-order valence-electron chi connectivity index (χ4n) is 15.3. The normalized spacial score (nSPS) is 16.4. The van der Waals surface area contributed by atoms with Crippen LogP contribution in [-0.4, -0.2) is 219 Å². The minimum absolute atomic E-state index is 0.00290. The second kappa shape index (κ2) is 41.2. The smallest absolute Gasteiger partial charge is 0.328 e. The van der Waals surface area contributed by atoms with Gasteiger partial charge in [0.2, 0.25) is 41.4 Å². The Morgan fingerprint density at radius 2 is 1.32 bits per heavy atom. The number of hydrogen-bond donors (Lipinski definition) is 8. The number of ether oxygens (including phenoxy) is 5. The van der Waals surface area contributed by atoms with Gasteiger partial charge in [0.15, 0.2) is 5.60 Å². The van der Waals surface area contributed by atoms with Gasteiger partial charge < -0.3 is 74.9 Å². The molecule has 0 bridgehead atoms. The summed E-state index contributed by atoms with van der Waals surface area (Å²) in [4.78, 5) is 156. The molecule has 3 aromatic heterocycles. The molecule has 14 rings (SSSR count). The summed E-state index contributed by atoms with van der Waals surface area (Å²) in [6.45, 7) is 4.53. The van der Waals surface area contributed by atoms with E-state index in [1.807, 2.05) is 140 Å². The van der Waals surface area contributed by atoms with Crippen LogP contribution in [0.2, 0.25) is 0 Å². The fraction of sp³-hybridized carbons (Fsp3) is 0.363. The van der Waals surface area contributed by atoms with Gasteiger partial charge >= 0.3 is 6.03 Å². The number of aryl methyl sites for hydroxylation is 1. The van der Waals surface area contributed by atoms with Crippen molar-refractivity contribution in [3.8, 4) is 28.7 Å². The molecule has 0 unspecified atom stereocenters. The summed E-state index contributed by atoms with van der Waals surface area (Å²) < 4.78 is 32.3. The highest BCUT2D eigenvalue weighted by molar-refractivity contribution is 8.08. The lowest BCUT2D eigenvalue weighted by atomic mass is 9.87. The number of fused-ring (bicyclic) bond motifs is 2. The molecule has 4 fully saturated rings. The van der Waals surface area contributed by atoms with Gasteiger partial charge in [0.1, 0.15) is 24.0 Å². The Bertz CT molecular complexity index is 5440. The molecule has 5 aliphatic rings. The number of carbonyl (C=O) groups is 9. The van der Waals surface area contributed by atoms with Crippen LogP contribution in [0.3, 0.4) is 0 Å². The summed E-state index contributed by atoms with van der Waals surface area (Å²) in [6.07, 6.45) is 8.71. The van der Waals surface area contributed by atoms with Crippen molar-refractivity contribution in [3.63, 3.8) is 0 Å². The van der Waals surface area contributed by atoms with E-state index in [1.54, 1.807) is 55.3 Å². The van der Waals surface area contributed by atoms with E-state index < -0.39 is 78.7 Å². The fourth-order valence-corrected chi connectivity index (χ4v) is 17.3. The molecule has 6 aromatic carbocycles. The number of methoxy groups -OCH3 is 1. The molecule has 8 N–H and O–H groups in total. The molecule has 1 saturated carbocycles. The number of benzene rings is 6. The van der Waals surface area contributed by atoms with E-state index in [0.29, 0.717) is 80.5 Å². The van der Waals surface area contributed by atoms with Gasteiger partial charge in [-0.1, -0.05) is 138 Å². The molecule has 0 radical (unpaired) electrons. The van der Waals surface area contributed by atoms with Crippen molar-refractivity contribution in [3.05, 3.63) is 219 Å². The van der Waals surface area contributed by atoms with Gasteiger partial charge in [-0.25, -0.2) is 14.8 Å². The average Bonchev–Trinajstić information content (AvgIpc) is 1.60. The third-order valence-corrected chi connectivity index (χ3v) is 24.5. The first kappa shape index (κ1) is 87.3. The molecule has 123 heavy (non-hydrogen) atoms. The maximum absolute atomic E-state index is 14.0. The van der Waals surface area contributed by atoms with Crippen LogP contribution in [0.25, 0.3) is 32.9 Å². The molecule has 2 atom stereocenters. The molecule has 32 heteroatoms. The third-order valence-electron chi connectivity index (χ3n) is 22.2. The number of amides is 10. The number of aromatic nitrogens is 4. The predicted molar refractivity (Wildman–Crippen MR) is 466 cm³/mol. The number of pyridine rings is 1. The van der Waals surface area contributed by atoms with E-state index >= 15 is 0 Å². The van der Waals surface area contributed by atoms with Crippen LogP contribution in [0.4, 0.5) is 16.4 Å². The molecule has 9 aromatic rings. The number of nitrogens with one attached hydrogen (secondary N) is 8. The molecular weight excluding hydrogens is 1610 g/mol. The SMILES string of the molecule is COc1ccc(C#CCNC2(C)CCN(C3CCN(c4nc([C@@](COCNC(=O)CNC(=O)[C@H](Cc5ccccc5)NC(=O)CNC(=O)CNC(=O)CCOCCOCCN5C(=O)C(Sc6ccccc6)=C(Sc6ccccc6)C5=O)(OC5CC5)c5ccccc5)c5cc(-c6cn(C)c(=O)c7[nH]ccc67)ccc5n4)CC3)CC2)cc1N1CCC(=O)NC1=O. The van der Waals surface area contributed by atoms with Crippen LogP contribution in [0.5, 0.6) is 5.75 Å². The Labute approximate surface area is 720 Å². The second-order valence-corrected chi connectivity index (χ2v) is 33.0. The quantitative estimate of drug-likeness (QED) is 0.00800. The molecule has 30 nitrogen and oxygen atoms in total. The molecule has 640 valence electrons. The number of carbonyl (C=O) groups excluding carboxylic acids is 9. The van der Waals surface area contributed by atoms with Crippen molar-refractivity contribution in [1.82, 2.24) is 66.5 Å². The Morgan fingerprint density at radius 3 is 2.00 bits per heavy atom. The number of hydrogen-bond acceptors (Lipinski definition) is 22. The second-order valence-electron chi connectivity index (χ2n) is 30.9. The molecule has 3 saturated heterocycles. The van der Waals surface area contributed by atoms with Crippen molar-refractivity contribution in [2.75, 3.05) is 122 Å². The molecule has 4 aliphatic heterocycles. The first-order chi connectivity index (χ1) is 59.8. The van der Waals surface area contributed by atoms with Crippen LogP contribution < -0.4 is 57.3 Å². The standard InChI is InChI=1S/C91H99N15O15S2/c1-90(97-39-16-19-61-26-31-74(117-3)73(52-61)105-43-35-76(108)100-89(105)116)37-44-103(45-38-90)64-33-41-104(42-34-64)88-99-71-30-27-62(70-57-102(2)85(113)80-68(70)32-40-92-80)53-69(71)83(101-88)91(121-65-28-29-65,63-20-10-5-11-21-63)58-120-59-96-78(110)55-95-84(112)72(51-60-17-8-4-9-18-60)98-79(111)56-94-77(109)54-93-75(107)36-47-118-49-50-119-48-46-106-86(114)81(122-66-22-12-6-13-23-66)82(87(106)115)123-67-24-14-7-15-25-67/h4-15,17-18,20-27,30-32,40,52-53,57,64-65,72,92,97H,28-29,33-39,41-51,54-56,58-59H2,1-3H3,(H,93,107)(H,94,109)(H,95,112)(H,96,110)(H,98,111)(H,100,108,116)/t72-,91-/m0/s1. The largest absolute Gasteiger partial charge is 0.495 e. The highest BCUT2D eigenvalue weighted by atomic mass is 32.2. The zero-order valence-electron chi connectivity index (χ0n) is 68.7. The number of piperidine rings is 2. The van der Waals surface area contributed by atoms with Gasteiger partial charge in [0.05, 0.1) is 106 Å². The number of nitrogens with zero attached hydrogens (tertiary/aromatic N) is 7. The Kier molecular flexibility index (Phi) is 29.2. The van der Waals surface area contributed by atoms with Crippen molar-refractivity contribution in [2.24, 2.45) is 7.05 Å². The minimum Gasteiger partial charge on any atom is -0.495 e. The predicted octanol–water partition coefficient (Wildman–Crippen LogP) is 7.57. The third kappa shape index (κ3) is 22.4. The van der Waals surface area contributed by atoms with E-state index in [2.05, 4.69) is 70.8 Å². The Hall–Kier alpha value is -12.1. The number of H-pyrrole nitrogens is 1. The van der Waals surface area contributed by atoms with Gasteiger partial charge in [-0.3, -0.25) is 58.3 Å². The van der Waals surface area contributed by atoms with Crippen molar-refractivity contribution >= 4 is 110 Å². The van der Waals surface area contributed by atoms with Crippen LogP contribution in [0, 0.1) is 11.8 Å². The zero-order chi connectivity index (χ0) is 85.8. The number of imide groups is 2. The van der Waals surface area contributed by atoms with Crippen molar-refractivity contribution in [1.29, 1.82) is 0 Å². The Morgan fingerprint density at radius 1 is 0.667 bits per heavy atom. The number of thioether (sulfide) groups is 2. The van der Waals surface area contributed by atoms with Gasteiger partial charge in [0.25, 0.3) is 17.4 Å². The summed E-state index contributed by atoms with van der Waals surface area (Å²) in [5.74, 6) is 3.33. The summed E-state index contributed by atoms with van der Waals surface area (Å²) in [5.41, 5.74) is 4.33. The maximum Gasteiger partial charge on any atom is 0.328 e. The number of urea groups is 1. The van der Waals surface area contributed by atoms with Crippen molar-refractivity contribution in [2.45, 2.75) is 104 Å². The van der Waals surface area contributed by atoms with E-state index in [-0.39, 0.29) is 95.2 Å². The number of rotatable bonds is 38. The molecular formula is C91H99N15O15S2. The summed E-state index contributed by atoms with van der Waals surface area (Å²) >= 11 is 2.49. The molecule has 0 spiro atoms. The van der Waals surface area contributed by atoms with Crippen molar-refractivity contribution < 1.29 is 66.8 Å². The lowest BCUT2D eigenvalue weighted by Gasteiger charge is -2.45. The van der Waals surface area contributed by atoms with Crippen LogP contribution in [-0.2, 0) is 76.4 Å². The van der Waals surface area contributed by atoms with E-state index in [4.69, 9.17) is 33.7 Å². The zero-order valence-corrected chi connectivity index (χ0v) is 70.4. The summed E-state index contributed by atoms with van der Waals surface area (Å²) in [7, 11) is 3.26. The minimum atomic E-state index is -1.39. The lowest BCUT2D eigenvalue weighted by molar-refractivity contribution is -0.138. The first-order valence-electron chi connectivity index (χ1n) is 41.2. The Balaban J connectivity index is 0.566. The van der Waals surface area contributed by atoms with Gasteiger partial charge in [-0.05, 0) is 123 Å². The number of aromatic amines is 1. The molecule has 7 heterocycles. The number of likely N-dealkylation sites (tertiary alicyclic amines) is 1. The van der Waals surface area contributed by atoms with Gasteiger partial charge in [0, 0.05) is 115 Å². The lowest BCUT2D eigenvalue weighted by Crippen LogP contribution is -2.55. The highest BCUT2D eigenvalue weighted by Crippen LogP contribution is 2.46. The van der Waals surface area contributed by atoms with E-state index in [1.165, 1.54) is 33.3 Å². The maximum atomic E-state index is 14.0. The number of anilines is 2. The summed E-state index contributed by atoms with van der Waals surface area (Å²) in [5, 5.41) is 20.6. The molecule has 1 aliphatic carbocycles. The van der Waals surface area contributed by atoms with Crippen LogP contribution >= 0.6 is 23.5 Å². The van der Waals surface area contributed by atoms with Gasteiger partial charge in [-0.15, -0.1) is 0 Å². The van der Waals surface area contributed by atoms with E-state index in [0.717, 1.165) is 89.0 Å². The van der Waals surface area contributed by atoms with Crippen LogP contribution in [0.1, 0.15) is 80.7 Å². The highest BCUT2D eigenvalue weighted by Gasteiger charge is 2.46. The summed E-state index contributed by atoms with van der Waals surface area (Å²) in [6, 6.07) is 49.5. The molecule has 10 amide bonds. The van der Waals surface area contributed by atoms with Crippen LogP contribution in [0.15, 0.2) is 201 Å². The average molecular weight is 1710 g/mol. The monoisotopic (exact) mass is 1710 g/mol. The van der Waals surface area contributed by atoms with Gasteiger partial charge in [-0.2, -0.15) is 0 Å². The topological polar surface area (TPSA) is 361 Å². The first-order valence-corrected chi connectivity index (χ1v) is 42.9.